The largest absolute Gasteiger partial charge is 0.493 e. The summed E-state index contributed by atoms with van der Waals surface area (Å²) in [5.74, 6) is -0.0706. The summed E-state index contributed by atoms with van der Waals surface area (Å²) in [4.78, 5) is 2.05. The number of nitrogens with one attached hydrogen (secondary N) is 1. The van der Waals surface area contributed by atoms with E-state index in [2.05, 4.69) is 19.2 Å². The molecule has 2 N–H and O–H groups in total. The van der Waals surface area contributed by atoms with Gasteiger partial charge in [0.05, 0.1) is 7.11 Å². The van der Waals surface area contributed by atoms with Crippen LogP contribution >= 0.6 is 0 Å². The van der Waals surface area contributed by atoms with Gasteiger partial charge >= 0.3 is 0 Å². The van der Waals surface area contributed by atoms with Gasteiger partial charge < -0.3 is 24.8 Å². The summed E-state index contributed by atoms with van der Waals surface area (Å²) in [6.07, 6.45) is -0.611. The summed E-state index contributed by atoms with van der Waals surface area (Å²) in [7, 11) is 3.51. The number of rotatable bonds is 11. The van der Waals surface area contributed by atoms with Crippen molar-refractivity contribution < 1.29 is 23.4 Å². The van der Waals surface area contributed by atoms with Crippen LogP contribution in [-0.2, 0) is 13.1 Å². The standard InChI is InChI=1S/C22H30F2N2O3/c1-15(2)26(3)13-20(27)14-29-21-6-5-16(9-22(21)28-4)11-25-12-17-7-18(23)10-19(24)8-17/h5-10,15,20,25,27H,11-14H2,1-4H3. The van der Waals surface area contributed by atoms with Crippen LogP contribution in [0.5, 0.6) is 11.5 Å². The van der Waals surface area contributed by atoms with Crippen LogP contribution in [0, 0.1) is 11.6 Å². The third-order valence-corrected chi connectivity index (χ3v) is 4.62. The molecular formula is C22H30F2N2O3. The average Bonchev–Trinajstić information content (AvgIpc) is 2.65. The van der Waals surface area contributed by atoms with E-state index < -0.39 is 17.7 Å². The van der Waals surface area contributed by atoms with Gasteiger partial charge in [-0.1, -0.05) is 6.07 Å². The first-order valence-corrected chi connectivity index (χ1v) is 9.62. The van der Waals surface area contributed by atoms with Crippen molar-refractivity contribution in [3.63, 3.8) is 0 Å². The zero-order valence-electron chi connectivity index (χ0n) is 17.4. The Hall–Kier alpha value is -2.22. The molecule has 7 heteroatoms. The summed E-state index contributed by atoms with van der Waals surface area (Å²) in [6, 6.07) is 9.30. The van der Waals surface area contributed by atoms with E-state index in [4.69, 9.17) is 9.47 Å². The first-order valence-electron chi connectivity index (χ1n) is 9.62. The molecule has 5 nitrogen and oxygen atoms in total. The van der Waals surface area contributed by atoms with Crippen molar-refractivity contribution in [2.75, 3.05) is 27.3 Å². The molecule has 0 aliphatic heterocycles. The molecular weight excluding hydrogens is 378 g/mol. The molecule has 0 amide bonds. The van der Waals surface area contributed by atoms with Crippen LogP contribution in [0.15, 0.2) is 36.4 Å². The van der Waals surface area contributed by atoms with Crippen molar-refractivity contribution in [2.45, 2.75) is 39.1 Å². The Morgan fingerprint density at radius 1 is 1.00 bits per heavy atom. The summed E-state index contributed by atoms with van der Waals surface area (Å²) >= 11 is 0. The average molecular weight is 408 g/mol. The van der Waals surface area contributed by atoms with E-state index in [-0.39, 0.29) is 6.61 Å². The first-order chi connectivity index (χ1) is 13.8. The van der Waals surface area contributed by atoms with Gasteiger partial charge in [0.1, 0.15) is 24.3 Å². The summed E-state index contributed by atoms with van der Waals surface area (Å²) in [6.45, 7) is 5.64. The Bertz CT molecular complexity index is 766. The molecule has 2 aromatic rings. The van der Waals surface area contributed by atoms with E-state index in [1.165, 1.54) is 12.1 Å². The fourth-order valence-electron chi connectivity index (χ4n) is 2.79. The number of methoxy groups -OCH3 is 1. The molecule has 2 rings (SSSR count). The van der Waals surface area contributed by atoms with Crippen molar-refractivity contribution in [1.29, 1.82) is 0 Å². The molecule has 0 aliphatic rings. The molecule has 0 spiro atoms. The van der Waals surface area contributed by atoms with Crippen molar-refractivity contribution in [3.05, 3.63) is 59.2 Å². The number of hydrogen-bond donors (Lipinski definition) is 2. The molecule has 0 bridgehead atoms. The van der Waals surface area contributed by atoms with Crippen LogP contribution < -0.4 is 14.8 Å². The van der Waals surface area contributed by atoms with Gasteiger partial charge in [0.2, 0.25) is 0 Å². The molecule has 0 aliphatic carbocycles. The van der Waals surface area contributed by atoms with Crippen LogP contribution in [0.4, 0.5) is 8.78 Å². The van der Waals surface area contributed by atoms with Gasteiger partial charge in [-0.05, 0) is 56.3 Å². The van der Waals surface area contributed by atoms with Crippen LogP contribution in [-0.4, -0.2) is 49.5 Å². The van der Waals surface area contributed by atoms with Gasteiger partial charge in [-0.2, -0.15) is 0 Å². The van der Waals surface area contributed by atoms with Gasteiger partial charge in [0.15, 0.2) is 11.5 Å². The van der Waals surface area contributed by atoms with Gasteiger partial charge in [-0.15, -0.1) is 0 Å². The summed E-state index contributed by atoms with van der Waals surface area (Å²) in [5.41, 5.74) is 1.47. The van der Waals surface area contributed by atoms with Crippen molar-refractivity contribution in [2.24, 2.45) is 0 Å². The second kappa shape index (κ2) is 11.1. The van der Waals surface area contributed by atoms with E-state index in [0.717, 1.165) is 11.6 Å². The fourth-order valence-corrected chi connectivity index (χ4v) is 2.79. The number of aliphatic hydroxyl groups excluding tert-OH is 1. The van der Waals surface area contributed by atoms with Crippen LogP contribution in [0.2, 0.25) is 0 Å². The molecule has 1 atom stereocenters. The Morgan fingerprint density at radius 3 is 2.28 bits per heavy atom. The van der Waals surface area contributed by atoms with E-state index in [1.807, 2.05) is 24.1 Å². The predicted octanol–water partition coefficient (Wildman–Crippen LogP) is 3.34. The molecule has 2 aromatic carbocycles. The molecule has 160 valence electrons. The van der Waals surface area contributed by atoms with Crippen molar-refractivity contribution >= 4 is 0 Å². The lowest BCUT2D eigenvalue weighted by Crippen LogP contribution is -2.36. The van der Waals surface area contributed by atoms with E-state index in [1.54, 1.807) is 13.2 Å². The molecule has 0 saturated heterocycles. The SMILES string of the molecule is COc1cc(CNCc2cc(F)cc(F)c2)ccc1OCC(O)CN(C)C(C)C. The minimum absolute atomic E-state index is 0.163. The Morgan fingerprint density at radius 2 is 1.66 bits per heavy atom. The van der Waals surface area contributed by atoms with E-state index in [9.17, 15) is 13.9 Å². The quantitative estimate of drug-likeness (QED) is 0.597. The molecule has 0 radical (unpaired) electrons. The van der Waals surface area contributed by atoms with E-state index in [0.29, 0.717) is 42.7 Å². The van der Waals surface area contributed by atoms with Gasteiger partial charge in [-0.25, -0.2) is 8.78 Å². The molecule has 0 aromatic heterocycles. The second-order valence-corrected chi connectivity index (χ2v) is 7.36. The highest BCUT2D eigenvalue weighted by atomic mass is 19.1. The number of halogens is 2. The number of hydrogen-bond acceptors (Lipinski definition) is 5. The molecule has 1 unspecified atom stereocenters. The Balaban J connectivity index is 1.89. The van der Waals surface area contributed by atoms with Crippen LogP contribution in [0.1, 0.15) is 25.0 Å². The topological polar surface area (TPSA) is 54.0 Å². The zero-order chi connectivity index (χ0) is 21.4. The van der Waals surface area contributed by atoms with E-state index >= 15 is 0 Å². The minimum atomic E-state index is -0.611. The monoisotopic (exact) mass is 408 g/mol. The maximum Gasteiger partial charge on any atom is 0.161 e. The lowest BCUT2D eigenvalue weighted by Gasteiger charge is -2.24. The molecule has 0 saturated carbocycles. The third kappa shape index (κ3) is 7.61. The maximum absolute atomic E-state index is 13.2. The molecule has 29 heavy (non-hydrogen) atoms. The number of likely N-dealkylation sites (N-methyl/N-ethyl adjacent to an activating group) is 1. The third-order valence-electron chi connectivity index (χ3n) is 4.62. The van der Waals surface area contributed by atoms with Crippen LogP contribution in [0.3, 0.4) is 0 Å². The number of benzene rings is 2. The number of ether oxygens (including phenoxy) is 2. The highest BCUT2D eigenvalue weighted by Gasteiger charge is 2.13. The van der Waals surface area contributed by atoms with Gasteiger partial charge in [0.25, 0.3) is 0 Å². The summed E-state index contributed by atoms with van der Waals surface area (Å²) in [5, 5.41) is 13.3. The van der Waals surface area contributed by atoms with Gasteiger partial charge in [-0.3, -0.25) is 0 Å². The lowest BCUT2D eigenvalue weighted by atomic mass is 10.1. The molecule has 0 heterocycles. The lowest BCUT2D eigenvalue weighted by molar-refractivity contribution is 0.0668. The number of nitrogens with zero attached hydrogens (tertiary/aromatic N) is 1. The molecule has 0 fully saturated rings. The normalized spacial score (nSPS) is 12.4. The van der Waals surface area contributed by atoms with Crippen molar-refractivity contribution in [3.8, 4) is 11.5 Å². The highest BCUT2D eigenvalue weighted by molar-refractivity contribution is 5.43. The zero-order valence-corrected chi connectivity index (χ0v) is 17.4. The summed E-state index contributed by atoms with van der Waals surface area (Å²) < 4.78 is 37.6. The number of aliphatic hydroxyl groups is 1. The minimum Gasteiger partial charge on any atom is -0.493 e. The second-order valence-electron chi connectivity index (χ2n) is 7.36. The Labute approximate surface area is 171 Å². The Kier molecular flexibility index (Phi) is 8.82. The first kappa shape index (κ1) is 23.1. The van der Waals surface area contributed by atoms with Crippen LogP contribution in [0.25, 0.3) is 0 Å². The fraction of sp³-hybridized carbons (Fsp3) is 0.455. The smallest absolute Gasteiger partial charge is 0.161 e. The predicted molar refractivity (Wildman–Crippen MR) is 109 cm³/mol. The van der Waals surface area contributed by atoms with Gasteiger partial charge in [0, 0.05) is 31.7 Å². The highest BCUT2D eigenvalue weighted by Crippen LogP contribution is 2.28. The van der Waals surface area contributed by atoms with Crippen molar-refractivity contribution in [1.82, 2.24) is 10.2 Å². The maximum atomic E-state index is 13.2.